The van der Waals surface area contributed by atoms with Crippen LogP contribution in [0.2, 0.25) is 5.02 Å². The fourth-order valence-electron chi connectivity index (χ4n) is 2.32. The molecule has 2 N–H and O–H groups in total. The number of halogens is 1. The highest BCUT2D eigenvalue weighted by Crippen LogP contribution is 2.30. The fraction of sp³-hybridized carbons (Fsp3) is 0.389. The largest absolute Gasteiger partial charge is 0.482 e. The van der Waals surface area contributed by atoms with E-state index < -0.39 is 17.6 Å². The maximum absolute atomic E-state index is 12.0. The minimum atomic E-state index is -0.676. The highest BCUT2D eigenvalue weighted by Gasteiger charge is 2.16. The normalized spacial score (nSPS) is 11.8. The molecule has 0 saturated heterocycles. The second-order valence-corrected chi connectivity index (χ2v) is 6.30. The molecule has 26 heavy (non-hydrogen) atoms. The van der Waals surface area contributed by atoms with E-state index in [4.69, 9.17) is 20.8 Å². The molecular weight excluding hydrogens is 360 g/mol. The molecule has 140 valence electrons. The Hall–Kier alpha value is -2.54. The van der Waals surface area contributed by atoms with Crippen molar-refractivity contribution in [3.05, 3.63) is 39.2 Å². The smallest absolute Gasteiger partial charge is 0.336 e. The Morgan fingerprint density at radius 2 is 2.04 bits per heavy atom. The van der Waals surface area contributed by atoms with Gasteiger partial charge in [0.05, 0.1) is 5.02 Å². The molecule has 0 radical (unpaired) electrons. The molecule has 0 spiro atoms. The van der Waals surface area contributed by atoms with Crippen LogP contribution in [0.1, 0.15) is 25.8 Å². The second kappa shape index (κ2) is 8.71. The number of hydrogen-bond donors (Lipinski definition) is 2. The van der Waals surface area contributed by atoms with Gasteiger partial charge in [-0.25, -0.2) is 4.79 Å². The zero-order valence-corrected chi connectivity index (χ0v) is 15.6. The third kappa shape index (κ3) is 4.98. The Kier molecular flexibility index (Phi) is 6.63. The summed E-state index contributed by atoms with van der Waals surface area (Å²) in [5.41, 5.74) is 0.574. The van der Waals surface area contributed by atoms with Crippen molar-refractivity contribution in [2.24, 2.45) is 0 Å². The summed E-state index contributed by atoms with van der Waals surface area (Å²) in [6, 6.07) is 3.78. The van der Waals surface area contributed by atoms with Gasteiger partial charge in [-0.3, -0.25) is 9.59 Å². The number of ether oxygens (including phenoxy) is 1. The van der Waals surface area contributed by atoms with E-state index in [9.17, 15) is 14.4 Å². The van der Waals surface area contributed by atoms with Crippen molar-refractivity contribution in [2.45, 2.75) is 33.2 Å². The van der Waals surface area contributed by atoms with Gasteiger partial charge in [0.25, 0.3) is 5.91 Å². The van der Waals surface area contributed by atoms with E-state index in [0.717, 1.165) is 12.0 Å². The quantitative estimate of drug-likeness (QED) is 0.717. The summed E-state index contributed by atoms with van der Waals surface area (Å²) < 4.78 is 10.5. The predicted octanol–water partition coefficient (Wildman–Crippen LogP) is 2.16. The van der Waals surface area contributed by atoms with Crippen LogP contribution in [0.25, 0.3) is 11.0 Å². The lowest BCUT2D eigenvalue weighted by Gasteiger charge is -2.14. The molecule has 2 aromatic rings. The molecule has 0 bridgehead atoms. The Morgan fingerprint density at radius 3 is 2.73 bits per heavy atom. The Labute approximate surface area is 155 Å². The Balaban J connectivity index is 2.02. The number of rotatable bonds is 7. The van der Waals surface area contributed by atoms with E-state index in [-0.39, 0.29) is 23.3 Å². The van der Waals surface area contributed by atoms with Crippen molar-refractivity contribution in [2.75, 3.05) is 13.2 Å². The summed E-state index contributed by atoms with van der Waals surface area (Å²) in [6.45, 7) is 5.52. The van der Waals surface area contributed by atoms with E-state index in [1.54, 1.807) is 19.9 Å². The third-order valence-electron chi connectivity index (χ3n) is 3.68. The van der Waals surface area contributed by atoms with Crippen molar-refractivity contribution < 1.29 is 18.7 Å². The van der Waals surface area contributed by atoms with E-state index in [2.05, 4.69) is 10.6 Å². The number of amides is 2. The molecule has 8 heteroatoms. The maximum Gasteiger partial charge on any atom is 0.336 e. The average molecular weight is 381 g/mol. The van der Waals surface area contributed by atoms with Crippen molar-refractivity contribution >= 4 is 34.4 Å². The van der Waals surface area contributed by atoms with Gasteiger partial charge in [-0.2, -0.15) is 0 Å². The highest BCUT2D eigenvalue weighted by molar-refractivity contribution is 6.32. The molecule has 2 amide bonds. The molecule has 0 unspecified atom stereocenters. The van der Waals surface area contributed by atoms with Crippen LogP contribution in [-0.4, -0.2) is 31.0 Å². The van der Waals surface area contributed by atoms with E-state index in [0.29, 0.717) is 17.5 Å². The summed E-state index contributed by atoms with van der Waals surface area (Å²) in [7, 11) is 0. The minimum absolute atomic E-state index is 0.214. The van der Waals surface area contributed by atoms with Gasteiger partial charge in [0.1, 0.15) is 17.4 Å². The molecule has 2 rings (SSSR count). The van der Waals surface area contributed by atoms with Crippen LogP contribution < -0.4 is 21.0 Å². The molecule has 0 aliphatic carbocycles. The van der Waals surface area contributed by atoms with Crippen LogP contribution in [0.5, 0.6) is 5.75 Å². The Bertz CT molecular complexity index is 878. The first kappa shape index (κ1) is 19.8. The molecule has 1 heterocycles. The monoisotopic (exact) mass is 380 g/mol. The number of fused-ring (bicyclic) bond motifs is 1. The third-order valence-corrected chi connectivity index (χ3v) is 3.98. The zero-order valence-electron chi connectivity index (χ0n) is 14.8. The molecule has 1 atom stereocenters. The minimum Gasteiger partial charge on any atom is -0.482 e. The number of nitrogens with one attached hydrogen (secondary N) is 2. The highest BCUT2D eigenvalue weighted by atomic mass is 35.5. The molecule has 0 aliphatic rings. The average Bonchev–Trinajstić information content (AvgIpc) is 2.58. The van der Waals surface area contributed by atoms with Crippen molar-refractivity contribution in [3.8, 4) is 5.75 Å². The first-order valence-electron chi connectivity index (χ1n) is 8.25. The van der Waals surface area contributed by atoms with Gasteiger partial charge in [-0.15, -0.1) is 0 Å². The van der Waals surface area contributed by atoms with Gasteiger partial charge in [-0.05, 0) is 31.9 Å². The van der Waals surface area contributed by atoms with Gasteiger partial charge in [0.2, 0.25) is 5.91 Å². The van der Waals surface area contributed by atoms with Gasteiger partial charge >= 0.3 is 5.63 Å². The first-order chi connectivity index (χ1) is 12.3. The van der Waals surface area contributed by atoms with Gasteiger partial charge in [0, 0.05) is 24.1 Å². The second-order valence-electron chi connectivity index (χ2n) is 5.90. The van der Waals surface area contributed by atoms with Crippen LogP contribution >= 0.6 is 11.6 Å². The standard InChI is InChI=1S/C18H21ClN2O5/c1-4-5-20-18(24)11(3)21-16(22)9-25-15-8-14-12(7-13(15)19)10(2)6-17(23)26-14/h6-8,11H,4-5,9H2,1-3H3,(H,20,24)(H,21,22)/t11-/m0/s1. The summed E-state index contributed by atoms with van der Waals surface area (Å²) >= 11 is 6.17. The molecular formula is C18H21ClN2O5. The van der Waals surface area contributed by atoms with E-state index in [1.165, 1.54) is 12.1 Å². The molecule has 0 aliphatic heterocycles. The van der Waals surface area contributed by atoms with E-state index in [1.807, 2.05) is 6.92 Å². The number of benzene rings is 1. The molecule has 0 fully saturated rings. The lowest BCUT2D eigenvalue weighted by Crippen LogP contribution is -2.46. The molecule has 0 saturated carbocycles. The van der Waals surface area contributed by atoms with Crippen molar-refractivity contribution in [1.82, 2.24) is 10.6 Å². The van der Waals surface area contributed by atoms with Gasteiger partial charge < -0.3 is 19.8 Å². The number of carbonyl (C=O) groups excluding carboxylic acids is 2. The molecule has 1 aromatic carbocycles. The number of carbonyl (C=O) groups is 2. The lowest BCUT2D eigenvalue weighted by molar-refractivity contribution is -0.129. The van der Waals surface area contributed by atoms with Crippen molar-refractivity contribution in [3.63, 3.8) is 0 Å². The van der Waals surface area contributed by atoms with Crippen LogP contribution in [-0.2, 0) is 9.59 Å². The summed E-state index contributed by atoms with van der Waals surface area (Å²) in [6.07, 6.45) is 0.811. The molecule has 1 aromatic heterocycles. The maximum atomic E-state index is 12.0. The fourth-order valence-corrected chi connectivity index (χ4v) is 2.54. The van der Waals surface area contributed by atoms with Crippen LogP contribution in [0, 0.1) is 6.92 Å². The Morgan fingerprint density at radius 1 is 1.31 bits per heavy atom. The van der Waals surface area contributed by atoms with Crippen LogP contribution in [0.15, 0.2) is 27.4 Å². The van der Waals surface area contributed by atoms with E-state index >= 15 is 0 Å². The van der Waals surface area contributed by atoms with Crippen LogP contribution in [0.4, 0.5) is 0 Å². The van der Waals surface area contributed by atoms with Crippen LogP contribution in [0.3, 0.4) is 0 Å². The first-order valence-corrected chi connectivity index (χ1v) is 8.63. The predicted molar refractivity (Wildman–Crippen MR) is 98.6 cm³/mol. The topological polar surface area (TPSA) is 97.6 Å². The summed E-state index contributed by atoms with van der Waals surface area (Å²) in [5, 5.41) is 6.21. The molecule has 7 nitrogen and oxygen atoms in total. The van der Waals surface area contributed by atoms with Gasteiger partial charge in [-0.1, -0.05) is 18.5 Å². The summed E-state index contributed by atoms with van der Waals surface area (Å²) in [4.78, 5) is 35.2. The SMILES string of the molecule is CCCNC(=O)[C@H](C)NC(=O)COc1cc2oc(=O)cc(C)c2cc1Cl. The van der Waals surface area contributed by atoms with Gasteiger partial charge in [0.15, 0.2) is 6.61 Å². The number of aryl methyl sites for hydroxylation is 1. The number of hydrogen-bond acceptors (Lipinski definition) is 5. The zero-order chi connectivity index (χ0) is 19.3. The van der Waals surface area contributed by atoms with Crippen molar-refractivity contribution in [1.29, 1.82) is 0 Å². The summed E-state index contributed by atoms with van der Waals surface area (Å²) in [5.74, 6) is -0.515. The lowest BCUT2D eigenvalue weighted by atomic mass is 10.1.